The van der Waals surface area contributed by atoms with Crippen LogP contribution in [0.1, 0.15) is 0 Å². The number of aliphatic hydroxyl groups excluding tert-OH is 1. The molecular weight excluding hydrogens is 144 g/mol. The van der Waals surface area contributed by atoms with E-state index in [0.29, 0.717) is 6.54 Å². The van der Waals surface area contributed by atoms with Crippen molar-refractivity contribution in [2.75, 3.05) is 19.7 Å². The Balaban J connectivity index is 2.53. The van der Waals surface area contributed by atoms with Crippen LogP contribution in [0.25, 0.3) is 0 Å². The van der Waals surface area contributed by atoms with E-state index in [1.165, 1.54) is 0 Å². The summed E-state index contributed by atoms with van der Waals surface area (Å²) in [6.07, 6.45) is 3.67. The van der Waals surface area contributed by atoms with E-state index in [4.69, 9.17) is 10.8 Å². The second kappa shape index (κ2) is 3.50. The number of carbonyl (C=O) groups excluding carboxylic acids is 1. The van der Waals surface area contributed by atoms with E-state index in [1.807, 2.05) is 12.2 Å². The number of rotatable bonds is 2. The van der Waals surface area contributed by atoms with Gasteiger partial charge in [-0.1, -0.05) is 12.2 Å². The zero-order valence-corrected chi connectivity index (χ0v) is 6.23. The van der Waals surface area contributed by atoms with Crippen LogP contribution in [0.2, 0.25) is 0 Å². The van der Waals surface area contributed by atoms with Gasteiger partial charge in [-0.3, -0.25) is 4.79 Å². The van der Waals surface area contributed by atoms with Crippen molar-refractivity contribution in [1.29, 1.82) is 0 Å². The third-order valence-electron chi connectivity index (χ3n) is 1.74. The standard InChI is InChI=1S/C7H12N2O2/c8-4-7(11)9-3-1-2-6(9)5-10/h1-2,6,10H,3-5,8H2. The molecule has 0 spiro atoms. The molecule has 1 unspecified atom stereocenters. The molecule has 4 nitrogen and oxygen atoms in total. The summed E-state index contributed by atoms with van der Waals surface area (Å²) in [6.45, 7) is 0.557. The number of nitrogens with zero attached hydrogens (tertiary/aromatic N) is 1. The summed E-state index contributed by atoms with van der Waals surface area (Å²) in [5, 5.41) is 8.79. The molecule has 1 atom stereocenters. The van der Waals surface area contributed by atoms with Gasteiger partial charge >= 0.3 is 0 Å². The van der Waals surface area contributed by atoms with Gasteiger partial charge in [-0.05, 0) is 0 Å². The Morgan fingerprint density at radius 2 is 2.55 bits per heavy atom. The van der Waals surface area contributed by atoms with E-state index in [0.717, 1.165) is 0 Å². The quantitative estimate of drug-likeness (QED) is 0.488. The summed E-state index contributed by atoms with van der Waals surface area (Å²) >= 11 is 0. The van der Waals surface area contributed by atoms with Crippen molar-refractivity contribution < 1.29 is 9.90 Å². The number of aliphatic hydroxyl groups is 1. The topological polar surface area (TPSA) is 66.6 Å². The highest BCUT2D eigenvalue weighted by molar-refractivity contribution is 5.79. The lowest BCUT2D eigenvalue weighted by molar-refractivity contribution is -0.130. The van der Waals surface area contributed by atoms with Crippen molar-refractivity contribution >= 4 is 5.91 Å². The number of carbonyl (C=O) groups is 1. The minimum atomic E-state index is -0.161. The number of hydrogen-bond acceptors (Lipinski definition) is 3. The lowest BCUT2D eigenvalue weighted by Crippen LogP contribution is -2.41. The third kappa shape index (κ3) is 1.58. The molecule has 0 saturated heterocycles. The summed E-state index contributed by atoms with van der Waals surface area (Å²) in [7, 11) is 0. The maximum Gasteiger partial charge on any atom is 0.237 e. The van der Waals surface area contributed by atoms with Gasteiger partial charge in [-0.15, -0.1) is 0 Å². The maximum absolute atomic E-state index is 11.0. The SMILES string of the molecule is NCC(=O)N1CC=CC1CO. The maximum atomic E-state index is 11.0. The van der Waals surface area contributed by atoms with Crippen LogP contribution in [0.3, 0.4) is 0 Å². The lowest BCUT2D eigenvalue weighted by atomic mass is 10.3. The molecule has 1 heterocycles. The van der Waals surface area contributed by atoms with Gasteiger partial charge in [0, 0.05) is 6.54 Å². The molecule has 0 bridgehead atoms. The highest BCUT2D eigenvalue weighted by Gasteiger charge is 2.22. The van der Waals surface area contributed by atoms with Crippen LogP contribution >= 0.6 is 0 Å². The van der Waals surface area contributed by atoms with Gasteiger partial charge in [0.15, 0.2) is 0 Å². The average Bonchev–Trinajstić information content (AvgIpc) is 2.50. The number of amides is 1. The fourth-order valence-electron chi connectivity index (χ4n) is 1.13. The van der Waals surface area contributed by atoms with Gasteiger partial charge in [-0.25, -0.2) is 0 Å². The molecule has 1 amide bonds. The van der Waals surface area contributed by atoms with Crippen LogP contribution in [0.15, 0.2) is 12.2 Å². The molecule has 0 aliphatic carbocycles. The van der Waals surface area contributed by atoms with Crippen molar-refractivity contribution in [3.63, 3.8) is 0 Å². The van der Waals surface area contributed by atoms with Gasteiger partial charge in [0.1, 0.15) is 0 Å². The Kier molecular flexibility index (Phi) is 2.62. The molecule has 1 rings (SSSR count). The zero-order chi connectivity index (χ0) is 8.27. The highest BCUT2D eigenvalue weighted by Crippen LogP contribution is 2.08. The van der Waals surface area contributed by atoms with Crippen molar-refractivity contribution in [3.8, 4) is 0 Å². The molecule has 3 N–H and O–H groups in total. The first kappa shape index (κ1) is 8.23. The molecule has 1 aliphatic rings. The van der Waals surface area contributed by atoms with Crippen LogP contribution in [0.4, 0.5) is 0 Å². The van der Waals surface area contributed by atoms with Crippen LogP contribution in [-0.2, 0) is 4.79 Å². The van der Waals surface area contributed by atoms with Crippen molar-refractivity contribution in [3.05, 3.63) is 12.2 Å². The second-order valence-corrected chi connectivity index (χ2v) is 2.43. The zero-order valence-electron chi connectivity index (χ0n) is 6.23. The molecule has 4 heteroatoms. The molecule has 0 radical (unpaired) electrons. The summed E-state index contributed by atoms with van der Waals surface area (Å²) in [4.78, 5) is 12.6. The minimum Gasteiger partial charge on any atom is -0.394 e. The summed E-state index contributed by atoms with van der Waals surface area (Å²) in [5.74, 6) is -0.117. The summed E-state index contributed by atoms with van der Waals surface area (Å²) in [6, 6.07) is -0.161. The van der Waals surface area contributed by atoms with Gasteiger partial charge < -0.3 is 15.7 Å². The highest BCUT2D eigenvalue weighted by atomic mass is 16.3. The van der Waals surface area contributed by atoms with E-state index < -0.39 is 0 Å². The van der Waals surface area contributed by atoms with Crippen LogP contribution < -0.4 is 5.73 Å². The van der Waals surface area contributed by atoms with E-state index in [2.05, 4.69) is 0 Å². The Hall–Kier alpha value is -0.870. The Labute approximate surface area is 65.3 Å². The minimum absolute atomic E-state index is 0.0121. The predicted octanol–water partition coefficient (Wildman–Crippen LogP) is -1.30. The van der Waals surface area contributed by atoms with Crippen LogP contribution in [0.5, 0.6) is 0 Å². The van der Waals surface area contributed by atoms with Gasteiger partial charge in [0.25, 0.3) is 0 Å². The fraction of sp³-hybridized carbons (Fsp3) is 0.571. The molecule has 0 saturated carbocycles. The smallest absolute Gasteiger partial charge is 0.237 e. The van der Waals surface area contributed by atoms with E-state index in [1.54, 1.807) is 4.90 Å². The van der Waals surface area contributed by atoms with Crippen LogP contribution in [0, 0.1) is 0 Å². The molecule has 0 aromatic carbocycles. The molecule has 0 aromatic rings. The molecule has 11 heavy (non-hydrogen) atoms. The Bertz CT molecular complexity index is 179. The van der Waals surface area contributed by atoms with Crippen LogP contribution in [-0.4, -0.2) is 41.7 Å². The fourth-order valence-corrected chi connectivity index (χ4v) is 1.13. The molecule has 0 aromatic heterocycles. The predicted molar refractivity (Wildman–Crippen MR) is 40.8 cm³/mol. The third-order valence-corrected chi connectivity index (χ3v) is 1.74. The van der Waals surface area contributed by atoms with Crippen molar-refractivity contribution in [2.45, 2.75) is 6.04 Å². The monoisotopic (exact) mass is 156 g/mol. The van der Waals surface area contributed by atoms with E-state index >= 15 is 0 Å². The Morgan fingerprint density at radius 1 is 1.82 bits per heavy atom. The summed E-state index contributed by atoms with van der Waals surface area (Å²) < 4.78 is 0. The number of nitrogens with two attached hydrogens (primary N) is 1. The average molecular weight is 156 g/mol. The molecule has 1 aliphatic heterocycles. The molecule has 62 valence electrons. The first-order valence-corrected chi connectivity index (χ1v) is 3.56. The van der Waals surface area contributed by atoms with E-state index in [-0.39, 0.29) is 25.1 Å². The van der Waals surface area contributed by atoms with Gasteiger partial charge in [0.2, 0.25) is 5.91 Å². The van der Waals surface area contributed by atoms with Crippen molar-refractivity contribution in [1.82, 2.24) is 4.90 Å². The first-order valence-electron chi connectivity index (χ1n) is 3.56. The molecule has 0 fully saturated rings. The largest absolute Gasteiger partial charge is 0.394 e. The lowest BCUT2D eigenvalue weighted by Gasteiger charge is -2.21. The molecular formula is C7H12N2O2. The number of hydrogen-bond donors (Lipinski definition) is 2. The first-order chi connectivity index (χ1) is 5.29. The summed E-state index contributed by atoms with van der Waals surface area (Å²) in [5.41, 5.74) is 5.17. The normalized spacial score (nSPS) is 22.7. The van der Waals surface area contributed by atoms with E-state index in [9.17, 15) is 4.79 Å². The van der Waals surface area contributed by atoms with Crippen molar-refractivity contribution in [2.24, 2.45) is 5.73 Å². The second-order valence-electron chi connectivity index (χ2n) is 2.43. The van der Waals surface area contributed by atoms with Gasteiger partial charge in [0.05, 0.1) is 19.2 Å². The Morgan fingerprint density at radius 3 is 3.09 bits per heavy atom. The van der Waals surface area contributed by atoms with Gasteiger partial charge in [-0.2, -0.15) is 0 Å².